The van der Waals surface area contributed by atoms with Crippen LogP contribution in [0.4, 0.5) is 0 Å². The van der Waals surface area contributed by atoms with Gasteiger partial charge in [-0.1, -0.05) is 63.1 Å². The highest BCUT2D eigenvalue weighted by Crippen LogP contribution is 2.37. The molecule has 0 amide bonds. The van der Waals surface area contributed by atoms with E-state index in [1.807, 2.05) is 12.3 Å². The van der Waals surface area contributed by atoms with E-state index in [-0.39, 0.29) is 0 Å². The highest BCUT2D eigenvalue weighted by Gasteiger charge is 2.20. The Kier molecular flexibility index (Phi) is 4.99. The van der Waals surface area contributed by atoms with Crippen molar-refractivity contribution < 1.29 is 4.42 Å². The molecule has 2 heterocycles. The number of rotatable bonds is 4. The highest BCUT2D eigenvalue weighted by molar-refractivity contribution is 5.81. The molecular formula is C26H28N2O. The topological polar surface area (TPSA) is 38.9 Å². The predicted octanol–water partition coefficient (Wildman–Crippen LogP) is 7.42. The second-order valence-corrected chi connectivity index (χ2v) is 8.55. The van der Waals surface area contributed by atoms with Crippen molar-refractivity contribution in [2.45, 2.75) is 53.4 Å². The van der Waals surface area contributed by atoms with Gasteiger partial charge >= 0.3 is 0 Å². The summed E-state index contributed by atoms with van der Waals surface area (Å²) in [6.07, 6.45) is 1.82. The summed E-state index contributed by atoms with van der Waals surface area (Å²) >= 11 is 0. The van der Waals surface area contributed by atoms with Crippen LogP contribution in [-0.2, 0) is 0 Å². The minimum absolute atomic E-state index is 0.391. The maximum atomic E-state index is 6.31. The van der Waals surface area contributed by atoms with E-state index in [0.717, 1.165) is 27.9 Å². The lowest BCUT2D eigenvalue weighted by Gasteiger charge is -2.17. The van der Waals surface area contributed by atoms with Crippen molar-refractivity contribution in [3.05, 3.63) is 70.9 Å². The van der Waals surface area contributed by atoms with Gasteiger partial charge in [0, 0.05) is 17.2 Å². The van der Waals surface area contributed by atoms with Crippen molar-refractivity contribution >= 4 is 11.1 Å². The van der Waals surface area contributed by atoms with Gasteiger partial charge < -0.3 is 4.42 Å². The first-order chi connectivity index (χ1) is 13.8. The van der Waals surface area contributed by atoms with Crippen molar-refractivity contribution in [1.82, 2.24) is 9.97 Å². The van der Waals surface area contributed by atoms with Gasteiger partial charge in [0.15, 0.2) is 5.58 Å². The van der Waals surface area contributed by atoms with E-state index in [1.54, 1.807) is 0 Å². The third-order valence-corrected chi connectivity index (χ3v) is 5.38. The van der Waals surface area contributed by atoms with Crippen molar-refractivity contribution in [3.8, 4) is 22.7 Å². The first kappa shape index (κ1) is 19.4. The predicted molar refractivity (Wildman–Crippen MR) is 120 cm³/mol. The molecule has 0 aliphatic rings. The summed E-state index contributed by atoms with van der Waals surface area (Å²) in [6.45, 7) is 13.1. The Balaban J connectivity index is 1.88. The van der Waals surface area contributed by atoms with E-state index in [0.29, 0.717) is 17.7 Å². The molecule has 0 radical (unpaired) electrons. The fourth-order valence-electron chi connectivity index (χ4n) is 4.02. The third kappa shape index (κ3) is 3.69. The van der Waals surface area contributed by atoms with Gasteiger partial charge in [0.25, 0.3) is 0 Å². The summed E-state index contributed by atoms with van der Waals surface area (Å²) in [5.74, 6) is 1.47. The molecule has 4 aromatic rings. The maximum Gasteiger partial charge on any atom is 0.227 e. The molecule has 0 saturated carbocycles. The van der Waals surface area contributed by atoms with Crippen molar-refractivity contribution in [1.29, 1.82) is 0 Å². The normalized spacial score (nSPS) is 11.7. The summed E-state index contributed by atoms with van der Waals surface area (Å²) in [4.78, 5) is 9.47. The summed E-state index contributed by atoms with van der Waals surface area (Å²) in [7, 11) is 0. The van der Waals surface area contributed by atoms with Gasteiger partial charge in [-0.05, 0) is 48.9 Å². The largest absolute Gasteiger partial charge is 0.436 e. The molecule has 0 spiro atoms. The summed E-state index contributed by atoms with van der Waals surface area (Å²) < 4.78 is 6.31. The van der Waals surface area contributed by atoms with Crippen LogP contribution in [0.25, 0.3) is 33.8 Å². The van der Waals surface area contributed by atoms with Crippen LogP contribution in [0.3, 0.4) is 0 Å². The Labute approximate surface area is 172 Å². The zero-order chi connectivity index (χ0) is 20.7. The Bertz CT molecular complexity index is 1140. The fourth-order valence-corrected chi connectivity index (χ4v) is 4.02. The van der Waals surface area contributed by atoms with Crippen LogP contribution in [0.15, 0.2) is 53.1 Å². The van der Waals surface area contributed by atoms with Gasteiger partial charge in [0.05, 0.1) is 11.9 Å². The van der Waals surface area contributed by atoms with E-state index in [1.165, 1.54) is 22.3 Å². The number of nitrogens with zero attached hydrogens (tertiary/aromatic N) is 2. The first-order valence-electron chi connectivity index (χ1n) is 10.3. The molecular weight excluding hydrogens is 356 g/mol. The van der Waals surface area contributed by atoms with Gasteiger partial charge in [-0.15, -0.1) is 0 Å². The average Bonchev–Trinajstić information content (AvgIpc) is 3.09. The van der Waals surface area contributed by atoms with E-state index in [2.05, 4.69) is 82.9 Å². The number of hydrogen-bond acceptors (Lipinski definition) is 3. The highest BCUT2D eigenvalue weighted by atomic mass is 16.3. The molecule has 0 aliphatic carbocycles. The Hall–Kier alpha value is -2.94. The molecule has 0 saturated heterocycles. The van der Waals surface area contributed by atoms with Crippen LogP contribution in [0.2, 0.25) is 0 Å². The van der Waals surface area contributed by atoms with Gasteiger partial charge in [-0.25, -0.2) is 4.98 Å². The number of fused-ring (bicyclic) bond motifs is 1. The van der Waals surface area contributed by atoms with Crippen molar-refractivity contribution in [2.75, 3.05) is 0 Å². The number of pyridine rings is 1. The van der Waals surface area contributed by atoms with E-state index in [9.17, 15) is 0 Å². The minimum atomic E-state index is 0.391. The van der Waals surface area contributed by atoms with Crippen LogP contribution >= 0.6 is 0 Å². The molecule has 29 heavy (non-hydrogen) atoms. The second-order valence-electron chi connectivity index (χ2n) is 8.55. The van der Waals surface area contributed by atoms with Crippen molar-refractivity contribution in [3.63, 3.8) is 0 Å². The number of hydrogen-bond donors (Lipinski definition) is 0. The number of benzene rings is 2. The monoisotopic (exact) mass is 384 g/mol. The van der Waals surface area contributed by atoms with E-state index in [4.69, 9.17) is 9.40 Å². The summed E-state index contributed by atoms with van der Waals surface area (Å²) in [5.41, 5.74) is 9.71. The summed E-state index contributed by atoms with van der Waals surface area (Å²) in [6, 6.07) is 15.0. The lowest BCUT2D eigenvalue weighted by molar-refractivity contribution is 0.615. The molecule has 0 bridgehead atoms. The van der Waals surface area contributed by atoms with Crippen molar-refractivity contribution in [2.24, 2.45) is 0 Å². The number of aromatic nitrogens is 2. The van der Waals surface area contributed by atoms with Crippen LogP contribution in [0, 0.1) is 13.8 Å². The molecule has 0 aliphatic heterocycles. The zero-order valence-electron chi connectivity index (χ0n) is 18.1. The van der Waals surface area contributed by atoms with Gasteiger partial charge in [-0.2, -0.15) is 0 Å². The molecule has 0 N–H and O–H groups in total. The fraction of sp³-hybridized carbons (Fsp3) is 0.308. The number of aryl methyl sites for hydroxylation is 2. The van der Waals surface area contributed by atoms with E-state index >= 15 is 0 Å². The lowest BCUT2D eigenvalue weighted by atomic mass is 9.88. The van der Waals surface area contributed by atoms with Crippen LogP contribution in [-0.4, -0.2) is 9.97 Å². The van der Waals surface area contributed by atoms with Crippen LogP contribution in [0.1, 0.15) is 61.8 Å². The van der Waals surface area contributed by atoms with Gasteiger partial charge in [0.1, 0.15) is 5.52 Å². The molecule has 4 rings (SSSR count). The molecule has 3 heteroatoms. The zero-order valence-corrected chi connectivity index (χ0v) is 18.1. The molecule has 3 nitrogen and oxygen atoms in total. The Morgan fingerprint density at radius 1 is 0.828 bits per heavy atom. The molecule has 0 atom stereocenters. The van der Waals surface area contributed by atoms with Crippen LogP contribution < -0.4 is 0 Å². The minimum Gasteiger partial charge on any atom is -0.436 e. The van der Waals surface area contributed by atoms with Gasteiger partial charge in [0.2, 0.25) is 5.89 Å². The second kappa shape index (κ2) is 7.47. The molecule has 2 aromatic heterocycles. The number of oxazole rings is 1. The molecule has 2 aromatic carbocycles. The first-order valence-corrected chi connectivity index (χ1v) is 10.3. The molecule has 0 unspecified atom stereocenters. The summed E-state index contributed by atoms with van der Waals surface area (Å²) in [5, 5.41) is 0. The quantitative estimate of drug-likeness (QED) is 0.367. The maximum absolute atomic E-state index is 6.31. The smallest absolute Gasteiger partial charge is 0.227 e. The Morgan fingerprint density at radius 2 is 1.45 bits per heavy atom. The van der Waals surface area contributed by atoms with Crippen LogP contribution in [0.5, 0.6) is 0 Å². The van der Waals surface area contributed by atoms with Gasteiger partial charge in [-0.3, -0.25) is 4.98 Å². The Morgan fingerprint density at radius 3 is 2.03 bits per heavy atom. The SMILES string of the molecule is Cc1cc(C)cc(-c2cc3oc(-c4c(C(C)C)cccc4C(C)C)nc3cn2)c1. The third-order valence-electron chi connectivity index (χ3n) is 5.38. The molecule has 148 valence electrons. The van der Waals surface area contributed by atoms with E-state index < -0.39 is 0 Å². The average molecular weight is 385 g/mol. The standard InChI is InChI=1S/C26H28N2O/c1-15(2)20-8-7-9-21(16(3)4)25(20)26-28-23-14-27-22(13-24(23)29-26)19-11-17(5)10-18(6)12-19/h7-16H,1-6H3. The molecule has 0 fully saturated rings. The lowest BCUT2D eigenvalue weighted by Crippen LogP contribution is -1.99.